The van der Waals surface area contributed by atoms with Gasteiger partial charge in [0.05, 0.1) is 11.5 Å². The third-order valence-corrected chi connectivity index (χ3v) is 4.43. The summed E-state index contributed by atoms with van der Waals surface area (Å²) in [7, 11) is -8.83. The molecular formula is C10H14NaO7S2. The van der Waals surface area contributed by atoms with Crippen LogP contribution in [0.2, 0.25) is 0 Å². The first-order valence-electron chi connectivity index (χ1n) is 5.38. The molecule has 1 rings (SSSR count). The Morgan fingerprint density at radius 3 is 2.30 bits per heavy atom. The molecule has 1 radical (unpaired) electrons. The van der Waals surface area contributed by atoms with Gasteiger partial charge in [0.2, 0.25) is 0 Å². The van der Waals surface area contributed by atoms with E-state index in [1.54, 1.807) is 0 Å². The van der Waals surface area contributed by atoms with E-state index in [9.17, 15) is 21.9 Å². The minimum absolute atomic E-state index is 0. The summed E-state index contributed by atoms with van der Waals surface area (Å²) in [6.07, 6.45) is 1.27. The molecule has 0 amide bonds. The number of hydrogen-bond acceptors (Lipinski definition) is 6. The molecule has 1 aromatic rings. The Bertz CT molecular complexity index is 652. The minimum Gasteiger partial charge on any atom is -0.506 e. The van der Waals surface area contributed by atoms with E-state index < -0.39 is 35.8 Å². The Balaban J connectivity index is 0.00000361. The van der Waals surface area contributed by atoms with E-state index in [0.717, 1.165) is 18.6 Å². The van der Waals surface area contributed by atoms with Crippen LogP contribution in [0.4, 0.5) is 0 Å². The maximum absolute atomic E-state index is 11.7. The molecule has 1 aromatic carbocycles. The smallest absolute Gasteiger partial charge is 0.298 e. The fourth-order valence-electron chi connectivity index (χ4n) is 1.24. The fourth-order valence-corrected chi connectivity index (χ4v) is 2.89. The summed E-state index contributed by atoms with van der Waals surface area (Å²) in [6, 6.07) is 2.50. The zero-order chi connectivity index (χ0) is 14.7. The second kappa shape index (κ2) is 7.74. The van der Waals surface area contributed by atoms with Crippen LogP contribution in [0.5, 0.6) is 5.75 Å². The molecular weight excluding hydrogens is 319 g/mol. The van der Waals surface area contributed by atoms with Crippen molar-refractivity contribution in [3.8, 4) is 5.75 Å². The second-order valence-electron chi connectivity index (χ2n) is 3.73. The van der Waals surface area contributed by atoms with Gasteiger partial charge in [0.1, 0.15) is 10.6 Å². The molecule has 2 N–H and O–H groups in total. The van der Waals surface area contributed by atoms with Crippen molar-refractivity contribution in [2.24, 2.45) is 0 Å². The molecule has 0 heterocycles. The van der Waals surface area contributed by atoms with Crippen molar-refractivity contribution in [1.29, 1.82) is 0 Å². The summed E-state index contributed by atoms with van der Waals surface area (Å²) in [5.41, 5.74) is 0. The van der Waals surface area contributed by atoms with Gasteiger partial charge in [0.15, 0.2) is 0 Å². The average molecular weight is 333 g/mol. The van der Waals surface area contributed by atoms with E-state index in [-0.39, 0.29) is 36.2 Å². The standard InChI is InChI=1S/C10H14O7S2.Na/c1-2-3-6-17-19(15,16)8-4-5-9(11)10(7-8)18(12,13)14;/h4-5,7,11H,2-3,6H2,1H3,(H,12,13,14);. The fraction of sp³-hybridized carbons (Fsp3) is 0.400. The van der Waals surface area contributed by atoms with Gasteiger partial charge in [-0.25, -0.2) is 0 Å². The molecule has 0 aromatic heterocycles. The first-order valence-corrected chi connectivity index (χ1v) is 8.23. The molecule has 0 saturated heterocycles. The average Bonchev–Trinajstić information content (AvgIpc) is 2.27. The summed E-state index contributed by atoms with van der Waals surface area (Å²) < 4.78 is 58.9. The van der Waals surface area contributed by atoms with Gasteiger partial charge in [-0.05, 0) is 24.6 Å². The summed E-state index contributed by atoms with van der Waals surface area (Å²) in [5.74, 6) is -0.741. The van der Waals surface area contributed by atoms with Gasteiger partial charge in [-0.1, -0.05) is 13.3 Å². The summed E-state index contributed by atoms with van der Waals surface area (Å²) >= 11 is 0. The molecule has 0 atom stereocenters. The summed E-state index contributed by atoms with van der Waals surface area (Å²) in [6.45, 7) is 1.83. The Kier molecular flexibility index (Phi) is 7.67. The van der Waals surface area contributed by atoms with Gasteiger partial charge in [0.25, 0.3) is 20.2 Å². The molecule has 0 unspecified atom stereocenters. The number of hydrogen-bond donors (Lipinski definition) is 2. The predicted octanol–water partition coefficient (Wildman–Crippen LogP) is 0.764. The molecule has 0 aliphatic heterocycles. The number of aromatic hydroxyl groups is 1. The molecule has 10 heteroatoms. The zero-order valence-electron chi connectivity index (χ0n) is 11.1. The van der Waals surface area contributed by atoms with Crippen LogP contribution < -0.4 is 0 Å². The normalized spacial score (nSPS) is 11.9. The topological polar surface area (TPSA) is 118 Å². The second-order valence-corrected chi connectivity index (χ2v) is 6.74. The van der Waals surface area contributed by atoms with Crippen LogP contribution in [0, 0.1) is 0 Å². The minimum atomic E-state index is -4.71. The van der Waals surface area contributed by atoms with Crippen LogP contribution in [-0.4, -0.2) is 62.7 Å². The van der Waals surface area contributed by atoms with E-state index in [1.165, 1.54) is 0 Å². The maximum atomic E-state index is 11.7. The largest absolute Gasteiger partial charge is 0.506 e. The van der Waals surface area contributed by atoms with E-state index in [1.807, 2.05) is 6.92 Å². The molecule has 0 fully saturated rings. The number of unbranched alkanes of at least 4 members (excludes halogenated alkanes) is 1. The first-order chi connectivity index (χ1) is 8.68. The maximum Gasteiger partial charge on any atom is 0.298 e. The van der Waals surface area contributed by atoms with Crippen LogP contribution in [-0.2, 0) is 24.4 Å². The Labute approximate surface area is 140 Å². The monoisotopic (exact) mass is 333 g/mol. The van der Waals surface area contributed by atoms with E-state index in [4.69, 9.17) is 4.55 Å². The third kappa shape index (κ3) is 5.32. The van der Waals surface area contributed by atoms with E-state index >= 15 is 0 Å². The molecule has 0 saturated carbocycles. The van der Waals surface area contributed by atoms with Crippen molar-refractivity contribution in [1.82, 2.24) is 0 Å². The molecule has 7 nitrogen and oxygen atoms in total. The first kappa shape index (κ1) is 19.8. The third-order valence-electron chi connectivity index (χ3n) is 2.23. The Hall–Kier alpha value is -0.160. The Morgan fingerprint density at radius 2 is 1.80 bits per heavy atom. The number of benzene rings is 1. The van der Waals surface area contributed by atoms with Gasteiger partial charge >= 0.3 is 0 Å². The Morgan fingerprint density at radius 1 is 1.20 bits per heavy atom. The van der Waals surface area contributed by atoms with Crippen molar-refractivity contribution in [2.75, 3.05) is 6.61 Å². The SMILES string of the molecule is CCCCOS(=O)(=O)c1ccc(O)c(S(=O)(=O)O)c1.[Na]. The van der Waals surface area contributed by atoms with Crippen LogP contribution in [0.15, 0.2) is 28.0 Å². The van der Waals surface area contributed by atoms with Gasteiger partial charge in [0, 0.05) is 29.6 Å². The van der Waals surface area contributed by atoms with Gasteiger partial charge in [-0.3, -0.25) is 8.74 Å². The van der Waals surface area contributed by atoms with Crippen LogP contribution in [0.3, 0.4) is 0 Å². The van der Waals surface area contributed by atoms with Crippen LogP contribution >= 0.6 is 0 Å². The van der Waals surface area contributed by atoms with Crippen LogP contribution in [0.1, 0.15) is 19.8 Å². The summed E-state index contributed by atoms with van der Waals surface area (Å²) in [5, 5.41) is 9.28. The van der Waals surface area contributed by atoms with E-state index in [0.29, 0.717) is 12.5 Å². The molecule has 0 aliphatic carbocycles. The van der Waals surface area contributed by atoms with Crippen molar-refractivity contribution in [3.63, 3.8) is 0 Å². The van der Waals surface area contributed by atoms with Crippen molar-refractivity contribution in [3.05, 3.63) is 18.2 Å². The van der Waals surface area contributed by atoms with Crippen molar-refractivity contribution < 1.29 is 30.7 Å². The molecule has 109 valence electrons. The van der Waals surface area contributed by atoms with Crippen LogP contribution in [0.25, 0.3) is 0 Å². The van der Waals surface area contributed by atoms with Gasteiger partial charge in [-0.15, -0.1) is 0 Å². The molecule has 0 spiro atoms. The molecule has 20 heavy (non-hydrogen) atoms. The van der Waals surface area contributed by atoms with Gasteiger partial charge in [-0.2, -0.15) is 16.8 Å². The molecule has 0 aliphatic rings. The zero-order valence-corrected chi connectivity index (χ0v) is 14.7. The van der Waals surface area contributed by atoms with Crippen molar-refractivity contribution >= 4 is 49.8 Å². The van der Waals surface area contributed by atoms with Crippen molar-refractivity contribution in [2.45, 2.75) is 29.6 Å². The summed E-state index contributed by atoms with van der Waals surface area (Å²) in [4.78, 5) is -1.33. The van der Waals surface area contributed by atoms with E-state index in [2.05, 4.69) is 4.18 Å². The molecule has 0 bridgehead atoms. The number of phenolic OH excluding ortho intramolecular Hbond substituents is 1. The predicted molar refractivity (Wildman–Crippen MR) is 71.7 cm³/mol. The number of phenols is 1. The quantitative estimate of drug-likeness (QED) is 0.341. The number of rotatable bonds is 6. The van der Waals surface area contributed by atoms with Gasteiger partial charge < -0.3 is 5.11 Å².